The second-order valence-electron chi connectivity index (χ2n) is 7.75. The summed E-state index contributed by atoms with van der Waals surface area (Å²) in [4.78, 5) is 23.4. The molecule has 1 amide bonds. The molecular weight excluding hydrogens is 445 g/mol. The minimum absolute atomic E-state index is 0. The van der Waals surface area contributed by atoms with Crippen LogP contribution in [0.4, 0.5) is 4.79 Å². The number of amides is 1. The Labute approximate surface area is 175 Å². The van der Waals surface area contributed by atoms with Gasteiger partial charge >= 0.3 is 6.09 Å². The van der Waals surface area contributed by atoms with Crippen molar-refractivity contribution < 1.29 is 9.53 Å². The van der Waals surface area contributed by atoms with Crippen molar-refractivity contribution in [2.24, 2.45) is 4.99 Å². The molecule has 1 atom stereocenters. The van der Waals surface area contributed by atoms with E-state index in [1.807, 2.05) is 25.7 Å². The highest BCUT2D eigenvalue weighted by molar-refractivity contribution is 14.0. The molecule has 1 saturated heterocycles. The maximum Gasteiger partial charge on any atom is 0.410 e. The molecule has 7 nitrogen and oxygen atoms in total. The molecule has 0 bridgehead atoms. The summed E-state index contributed by atoms with van der Waals surface area (Å²) in [6, 6.07) is 0.270. The SMILES string of the molecule is CCN(CC)CCCNC1=NCC2CN(C(=O)OC(C)(C)C)CCN12.I. The predicted octanol–water partition coefficient (Wildman–Crippen LogP) is 2.22. The van der Waals surface area contributed by atoms with E-state index in [1.165, 1.54) is 0 Å². The summed E-state index contributed by atoms with van der Waals surface area (Å²) in [7, 11) is 0. The monoisotopic (exact) mass is 481 g/mol. The number of carbonyl (C=O) groups is 1. The minimum Gasteiger partial charge on any atom is -0.444 e. The van der Waals surface area contributed by atoms with Crippen LogP contribution >= 0.6 is 24.0 Å². The van der Waals surface area contributed by atoms with Gasteiger partial charge in [0.15, 0.2) is 5.96 Å². The van der Waals surface area contributed by atoms with Gasteiger partial charge in [0.05, 0.1) is 12.6 Å². The van der Waals surface area contributed by atoms with Gasteiger partial charge in [-0.3, -0.25) is 4.99 Å². The summed E-state index contributed by atoms with van der Waals surface area (Å²) in [5, 5.41) is 3.48. The molecule has 0 saturated carbocycles. The van der Waals surface area contributed by atoms with Crippen molar-refractivity contribution >= 4 is 36.0 Å². The lowest BCUT2D eigenvalue weighted by molar-refractivity contribution is 0.0137. The fourth-order valence-electron chi connectivity index (χ4n) is 3.27. The first-order chi connectivity index (χ1) is 11.8. The smallest absolute Gasteiger partial charge is 0.410 e. The fourth-order valence-corrected chi connectivity index (χ4v) is 3.27. The zero-order valence-corrected chi connectivity index (χ0v) is 19.3. The number of carbonyl (C=O) groups excluding carboxylic acids is 1. The molecule has 2 rings (SSSR count). The normalized spacial score (nSPS) is 19.8. The molecule has 0 aromatic heterocycles. The molecule has 0 aromatic carbocycles. The van der Waals surface area contributed by atoms with E-state index in [1.54, 1.807) is 0 Å². The Balaban J connectivity index is 0.00000338. The van der Waals surface area contributed by atoms with Gasteiger partial charge in [0.1, 0.15) is 5.60 Å². The maximum atomic E-state index is 12.2. The van der Waals surface area contributed by atoms with Gasteiger partial charge in [-0.1, -0.05) is 13.8 Å². The van der Waals surface area contributed by atoms with Crippen molar-refractivity contribution in [3.63, 3.8) is 0 Å². The molecule has 8 heteroatoms. The molecule has 152 valence electrons. The molecule has 1 fully saturated rings. The van der Waals surface area contributed by atoms with Gasteiger partial charge in [-0.05, 0) is 46.8 Å². The molecular formula is C18H36IN5O2. The summed E-state index contributed by atoms with van der Waals surface area (Å²) in [6.07, 6.45) is 0.899. The lowest BCUT2D eigenvalue weighted by Crippen LogP contribution is -2.57. The molecule has 0 radical (unpaired) electrons. The van der Waals surface area contributed by atoms with Gasteiger partial charge in [-0.25, -0.2) is 4.79 Å². The number of ether oxygens (including phenoxy) is 1. The Kier molecular flexibility index (Phi) is 9.43. The van der Waals surface area contributed by atoms with Crippen LogP contribution in [0.25, 0.3) is 0 Å². The topological polar surface area (TPSA) is 60.4 Å². The number of nitrogens with zero attached hydrogens (tertiary/aromatic N) is 4. The molecule has 1 N–H and O–H groups in total. The quantitative estimate of drug-likeness (QED) is 0.466. The Hall–Kier alpha value is -0.770. The number of halogens is 1. The average Bonchev–Trinajstić information content (AvgIpc) is 2.96. The number of guanidine groups is 1. The Morgan fingerprint density at radius 2 is 2.00 bits per heavy atom. The van der Waals surface area contributed by atoms with Crippen LogP contribution in [-0.4, -0.2) is 90.8 Å². The third kappa shape index (κ3) is 6.75. The number of piperazine rings is 1. The van der Waals surface area contributed by atoms with Gasteiger partial charge in [0.25, 0.3) is 0 Å². The summed E-state index contributed by atoms with van der Waals surface area (Å²) in [5.74, 6) is 0.994. The van der Waals surface area contributed by atoms with Gasteiger partial charge in [-0.2, -0.15) is 0 Å². The van der Waals surface area contributed by atoms with Crippen LogP contribution < -0.4 is 5.32 Å². The van der Waals surface area contributed by atoms with Crippen LogP contribution in [0.5, 0.6) is 0 Å². The minimum atomic E-state index is -0.446. The van der Waals surface area contributed by atoms with E-state index in [-0.39, 0.29) is 36.1 Å². The first-order valence-electron chi connectivity index (χ1n) is 9.59. The first kappa shape index (κ1) is 23.3. The van der Waals surface area contributed by atoms with Crippen LogP contribution in [0.15, 0.2) is 4.99 Å². The molecule has 26 heavy (non-hydrogen) atoms. The molecule has 1 unspecified atom stereocenters. The van der Waals surface area contributed by atoms with Gasteiger partial charge in [0.2, 0.25) is 0 Å². The van der Waals surface area contributed by atoms with E-state index in [0.717, 1.165) is 51.6 Å². The molecule has 0 aliphatic carbocycles. The third-order valence-corrected chi connectivity index (χ3v) is 4.69. The summed E-state index contributed by atoms with van der Waals surface area (Å²) < 4.78 is 5.49. The molecule has 2 aliphatic rings. The van der Waals surface area contributed by atoms with Crippen molar-refractivity contribution in [1.29, 1.82) is 0 Å². The van der Waals surface area contributed by atoms with E-state index >= 15 is 0 Å². The highest BCUT2D eigenvalue weighted by atomic mass is 127. The zero-order chi connectivity index (χ0) is 18.4. The molecule has 0 spiro atoms. The van der Waals surface area contributed by atoms with Crippen LogP contribution in [0, 0.1) is 0 Å². The molecule has 2 aliphatic heterocycles. The molecule has 2 heterocycles. The average molecular weight is 481 g/mol. The Bertz CT molecular complexity index is 477. The van der Waals surface area contributed by atoms with Gasteiger partial charge in [0, 0.05) is 26.2 Å². The standard InChI is InChI=1S/C18H35N5O2.HI/c1-6-21(7-2)10-8-9-19-16-20-13-15-14-22(11-12-23(15)16)17(24)25-18(3,4)5;/h15H,6-14H2,1-5H3,(H,19,20);1H. The zero-order valence-electron chi connectivity index (χ0n) is 17.0. The Morgan fingerprint density at radius 1 is 1.31 bits per heavy atom. The third-order valence-electron chi connectivity index (χ3n) is 4.69. The molecule has 0 aromatic rings. The summed E-state index contributed by atoms with van der Waals surface area (Å²) >= 11 is 0. The van der Waals surface area contributed by atoms with Crippen LogP contribution in [0.1, 0.15) is 41.0 Å². The number of hydrogen-bond donors (Lipinski definition) is 1. The van der Waals surface area contributed by atoms with E-state index < -0.39 is 5.60 Å². The van der Waals surface area contributed by atoms with Crippen LogP contribution in [-0.2, 0) is 4.74 Å². The van der Waals surface area contributed by atoms with Crippen molar-refractivity contribution in [2.75, 3.05) is 52.4 Å². The largest absolute Gasteiger partial charge is 0.444 e. The van der Waals surface area contributed by atoms with Gasteiger partial charge < -0.3 is 24.8 Å². The van der Waals surface area contributed by atoms with E-state index in [4.69, 9.17) is 4.74 Å². The maximum absolute atomic E-state index is 12.2. The van der Waals surface area contributed by atoms with Crippen LogP contribution in [0.2, 0.25) is 0 Å². The van der Waals surface area contributed by atoms with Crippen LogP contribution in [0.3, 0.4) is 0 Å². The highest BCUT2D eigenvalue weighted by Gasteiger charge is 2.36. The van der Waals surface area contributed by atoms with Crippen molar-refractivity contribution in [3.05, 3.63) is 0 Å². The lowest BCUT2D eigenvalue weighted by Gasteiger charge is -2.39. The number of nitrogens with one attached hydrogen (secondary N) is 1. The highest BCUT2D eigenvalue weighted by Crippen LogP contribution is 2.18. The van der Waals surface area contributed by atoms with Crippen molar-refractivity contribution in [1.82, 2.24) is 20.0 Å². The summed E-state index contributed by atoms with van der Waals surface area (Å²) in [5.41, 5.74) is -0.446. The van der Waals surface area contributed by atoms with Gasteiger partial charge in [-0.15, -0.1) is 24.0 Å². The van der Waals surface area contributed by atoms with Crippen molar-refractivity contribution in [3.8, 4) is 0 Å². The first-order valence-corrected chi connectivity index (χ1v) is 9.59. The number of aliphatic imine (C=N–C) groups is 1. The van der Waals surface area contributed by atoms with E-state index in [0.29, 0.717) is 13.1 Å². The number of fused-ring (bicyclic) bond motifs is 1. The Morgan fingerprint density at radius 3 is 2.62 bits per heavy atom. The lowest BCUT2D eigenvalue weighted by atomic mass is 10.2. The fraction of sp³-hybridized carbons (Fsp3) is 0.889. The van der Waals surface area contributed by atoms with Crippen molar-refractivity contribution in [2.45, 2.75) is 52.7 Å². The predicted molar refractivity (Wildman–Crippen MR) is 116 cm³/mol. The van der Waals surface area contributed by atoms with E-state index in [2.05, 4.69) is 34.0 Å². The number of rotatable bonds is 6. The second-order valence-corrected chi connectivity index (χ2v) is 7.75. The second kappa shape index (κ2) is 10.5. The van der Waals surface area contributed by atoms with E-state index in [9.17, 15) is 4.79 Å². The summed E-state index contributed by atoms with van der Waals surface area (Å²) in [6.45, 7) is 17.3. The number of hydrogen-bond acceptors (Lipinski definition) is 6.